The largest absolute Gasteiger partial charge is 0.516 e. The van der Waals surface area contributed by atoms with E-state index in [0.717, 1.165) is 0 Å². The molecule has 32 heavy (non-hydrogen) atoms. The van der Waals surface area contributed by atoms with Gasteiger partial charge in [-0.25, -0.2) is 4.79 Å². The first-order chi connectivity index (χ1) is 14.9. The number of fused-ring (bicyclic) bond motifs is 1. The fourth-order valence-electron chi connectivity index (χ4n) is 3.06. The molecule has 3 rings (SSSR count). The smallest absolute Gasteiger partial charge is 0.478 e. The van der Waals surface area contributed by atoms with E-state index in [1.54, 1.807) is 29.7 Å². The van der Waals surface area contributed by atoms with Crippen molar-refractivity contribution in [2.45, 2.75) is 25.5 Å². The number of aryl methyl sites for hydroxylation is 1. The van der Waals surface area contributed by atoms with Gasteiger partial charge in [-0.3, -0.25) is 9.52 Å². The molecule has 0 atom stereocenters. The summed E-state index contributed by atoms with van der Waals surface area (Å²) < 4.78 is 63.4. The number of amides is 1. The Bertz CT molecular complexity index is 1280. The highest BCUT2D eigenvalue weighted by Gasteiger charge is 2.46. The van der Waals surface area contributed by atoms with E-state index < -0.39 is 21.5 Å². The number of aromatic nitrogens is 1. The van der Waals surface area contributed by atoms with Gasteiger partial charge in [0.05, 0.1) is 5.56 Å². The Balaban J connectivity index is 1.71. The molecule has 0 radical (unpaired) electrons. The summed E-state index contributed by atoms with van der Waals surface area (Å²) in [7, 11) is -5.54. The zero-order valence-corrected chi connectivity index (χ0v) is 17.4. The van der Waals surface area contributed by atoms with Crippen LogP contribution in [0.1, 0.15) is 21.6 Å². The molecule has 0 aliphatic rings. The molecule has 1 aromatic heterocycles. The molecule has 1 amide bonds. The Kier molecular flexibility index (Phi) is 6.17. The lowest BCUT2D eigenvalue weighted by molar-refractivity contribution is -0.121. The molecule has 0 saturated heterocycles. The Morgan fingerprint density at radius 1 is 1.06 bits per heavy atom. The zero-order valence-electron chi connectivity index (χ0n) is 16.6. The van der Waals surface area contributed by atoms with Gasteiger partial charge in [0.1, 0.15) is 6.54 Å². The van der Waals surface area contributed by atoms with Crippen molar-refractivity contribution in [3.8, 4) is 0 Å². The van der Waals surface area contributed by atoms with Gasteiger partial charge in [0.15, 0.2) is 0 Å². The van der Waals surface area contributed by atoms with Crippen LogP contribution in [0.15, 0.2) is 48.5 Å². The first kappa shape index (κ1) is 23.1. The van der Waals surface area contributed by atoms with Crippen molar-refractivity contribution in [1.82, 2.24) is 9.88 Å². The minimum absolute atomic E-state index is 0.0732. The number of carbonyl (C=O) groups excluding carboxylic acids is 1. The topological polar surface area (TPSA) is 118 Å². The average Bonchev–Trinajstić information content (AvgIpc) is 3.00. The minimum atomic E-state index is -5.54. The number of aromatic carboxylic acids is 1. The van der Waals surface area contributed by atoms with Crippen molar-refractivity contribution in [3.05, 3.63) is 65.4 Å². The highest BCUT2D eigenvalue weighted by molar-refractivity contribution is 7.93. The lowest BCUT2D eigenvalue weighted by Crippen LogP contribution is -2.29. The quantitative estimate of drug-likeness (QED) is 0.491. The number of carbonyl (C=O) groups is 2. The number of benzene rings is 2. The molecule has 3 N–H and O–H groups in total. The number of carboxylic acid groups (broad SMARTS) is 1. The Morgan fingerprint density at radius 3 is 2.31 bits per heavy atom. The number of alkyl halides is 3. The first-order valence-electron chi connectivity index (χ1n) is 9.15. The maximum absolute atomic E-state index is 12.6. The van der Waals surface area contributed by atoms with E-state index >= 15 is 0 Å². The molecule has 12 heteroatoms. The molecule has 0 bridgehead atoms. The van der Waals surface area contributed by atoms with Crippen molar-refractivity contribution in [2.24, 2.45) is 0 Å². The third kappa shape index (κ3) is 5.02. The van der Waals surface area contributed by atoms with Crippen LogP contribution in [0.3, 0.4) is 0 Å². The molecule has 8 nitrogen and oxygen atoms in total. The standard InChI is InChI=1S/C20H18F3N3O5S/c1-12-8-15-9-16(25-32(30,31)20(21,22)23)6-7-17(15)26(12)11-18(27)24-10-13-2-4-14(5-3-13)19(28)29/h2-9,25H,10-11H2,1H3,(H,24,27)(H,28,29). The van der Waals surface area contributed by atoms with Gasteiger partial charge in [-0.2, -0.15) is 21.6 Å². The van der Waals surface area contributed by atoms with Crippen LogP contribution >= 0.6 is 0 Å². The second-order valence-corrected chi connectivity index (χ2v) is 8.65. The third-order valence-corrected chi connectivity index (χ3v) is 5.77. The van der Waals surface area contributed by atoms with Gasteiger partial charge in [-0.1, -0.05) is 12.1 Å². The average molecular weight is 469 g/mol. The molecular formula is C20H18F3N3O5S. The zero-order chi connectivity index (χ0) is 23.7. The SMILES string of the molecule is Cc1cc2cc(NS(=O)(=O)C(F)(F)F)ccc2n1CC(=O)NCc1ccc(C(=O)O)cc1. The predicted molar refractivity (Wildman–Crippen MR) is 111 cm³/mol. The van der Waals surface area contributed by atoms with Gasteiger partial charge in [0, 0.05) is 28.8 Å². The Morgan fingerprint density at radius 2 is 1.72 bits per heavy atom. The highest BCUT2D eigenvalue weighted by Crippen LogP contribution is 2.28. The number of anilines is 1. The van der Waals surface area contributed by atoms with Gasteiger partial charge in [0.25, 0.3) is 0 Å². The summed E-state index contributed by atoms with van der Waals surface area (Å²) in [4.78, 5) is 23.2. The lowest BCUT2D eigenvalue weighted by atomic mass is 10.1. The van der Waals surface area contributed by atoms with E-state index in [0.29, 0.717) is 22.2 Å². The fourth-order valence-corrected chi connectivity index (χ4v) is 3.61. The number of nitrogens with one attached hydrogen (secondary N) is 2. The molecular weight excluding hydrogens is 451 g/mol. The number of nitrogens with zero attached hydrogens (tertiary/aromatic N) is 1. The molecule has 3 aromatic rings. The van der Waals surface area contributed by atoms with Crippen LogP contribution in [0.25, 0.3) is 10.9 Å². The minimum Gasteiger partial charge on any atom is -0.478 e. The van der Waals surface area contributed by atoms with Crippen LogP contribution in [-0.4, -0.2) is 35.5 Å². The summed E-state index contributed by atoms with van der Waals surface area (Å²) in [5, 5.41) is 12.1. The molecule has 0 aliphatic heterocycles. The number of hydrogen-bond acceptors (Lipinski definition) is 4. The normalized spacial score (nSPS) is 12.0. The Hall–Kier alpha value is -3.54. The molecule has 0 aliphatic carbocycles. The summed E-state index contributed by atoms with van der Waals surface area (Å²) in [5.41, 5.74) is -3.66. The van der Waals surface area contributed by atoms with Crippen LogP contribution < -0.4 is 10.0 Å². The summed E-state index contributed by atoms with van der Waals surface area (Å²) in [6.07, 6.45) is 0. The molecule has 170 valence electrons. The molecule has 0 saturated carbocycles. The second kappa shape index (κ2) is 8.54. The summed E-state index contributed by atoms with van der Waals surface area (Å²) in [5.74, 6) is -1.39. The van der Waals surface area contributed by atoms with E-state index in [2.05, 4.69) is 5.32 Å². The van der Waals surface area contributed by atoms with Crippen LogP contribution in [-0.2, 0) is 27.9 Å². The summed E-state index contributed by atoms with van der Waals surface area (Å²) >= 11 is 0. The van der Waals surface area contributed by atoms with Crippen molar-refractivity contribution in [2.75, 3.05) is 4.72 Å². The molecule has 2 aromatic carbocycles. The van der Waals surface area contributed by atoms with Crippen molar-refractivity contribution in [3.63, 3.8) is 0 Å². The monoisotopic (exact) mass is 469 g/mol. The number of halogens is 3. The number of hydrogen-bond donors (Lipinski definition) is 3. The maximum atomic E-state index is 12.6. The highest BCUT2D eigenvalue weighted by atomic mass is 32.2. The van der Waals surface area contributed by atoms with Crippen LogP contribution in [0.2, 0.25) is 0 Å². The molecule has 0 unspecified atom stereocenters. The molecule has 0 fully saturated rings. The van der Waals surface area contributed by atoms with E-state index in [1.165, 1.54) is 35.1 Å². The van der Waals surface area contributed by atoms with Gasteiger partial charge in [-0.05, 0) is 48.9 Å². The van der Waals surface area contributed by atoms with E-state index in [9.17, 15) is 31.2 Å². The number of rotatable bonds is 7. The van der Waals surface area contributed by atoms with E-state index in [1.807, 2.05) is 0 Å². The third-order valence-electron chi connectivity index (χ3n) is 4.66. The van der Waals surface area contributed by atoms with E-state index in [4.69, 9.17) is 5.11 Å². The van der Waals surface area contributed by atoms with Crippen molar-refractivity contribution in [1.29, 1.82) is 0 Å². The number of carboxylic acids is 1. The van der Waals surface area contributed by atoms with Gasteiger partial charge < -0.3 is 15.0 Å². The van der Waals surface area contributed by atoms with E-state index in [-0.39, 0.29) is 30.2 Å². The van der Waals surface area contributed by atoms with Crippen LogP contribution in [0, 0.1) is 6.92 Å². The Labute approximate surface area is 180 Å². The van der Waals surface area contributed by atoms with Crippen molar-refractivity contribution >= 4 is 38.5 Å². The van der Waals surface area contributed by atoms with Crippen LogP contribution in [0.5, 0.6) is 0 Å². The van der Waals surface area contributed by atoms with Gasteiger partial charge in [0.2, 0.25) is 5.91 Å². The second-order valence-electron chi connectivity index (χ2n) is 6.98. The molecule has 1 heterocycles. The number of sulfonamides is 1. The fraction of sp³-hybridized carbons (Fsp3) is 0.200. The van der Waals surface area contributed by atoms with Crippen LogP contribution in [0.4, 0.5) is 18.9 Å². The van der Waals surface area contributed by atoms with Gasteiger partial charge >= 0.3 is 21.5 Å². The van der Waals surface area contributed by atoms with Crippen molar-refractivity contribution < 1.29 is 36.3 Å². The predicted octanol–water partition coefficient (Wildman–Crippen LogP) is 3.23. The first-order valence-corrected chi connectivity index (χ1v) is 10.6. The summed E-state index contributed by atoms with van der Waals surface area (Å²) in [6, 6.07) is 11.5. The van der Waals surface area contributed by atoms with Gasteiger partial charge in [-0.15, -0.1) is 0 Å². The maximum Gasteiger partial charge on any atom is 0.516 e. The lowest BCUT2D eigenvalue weighted by Gasteiger charge is -2.12. The molecule has 0 spiro atoms. The summed E-state index contributed by atoms with van der Waals surface area (Å²) in [6.45, 7) is 1.81.